The van der Waals surface area contributed by atoms with Crippen LogP contribution < -0.4 is 4.74 Å². The molecule has 0 unspecified atom stereocenters. The number of carbonyl (C=O) groups excluding carboxylic acids is 1. The van der Waals surface area contributed by atoms with E-state index in [0.29, 0.717) is 54.3 Å². The average Bonchev–Trinajstić information content (AvgIpc) is 2.72. The van der Waals surface area contributed by atoms with Crippen LogP contribution in [0.4, 0.5) is 0 Å². The summed E-state index contributed by atoms with van der Waals surface area (Å²) in [4.78, 5) is 21.2. The molecule has 1 amide bonds. The Kier molecular flexibility index (Phi) is 7.50. The lowest BCUT2D eigenvalue weighted by atomic mass is 10.1. The smallest absolute Gasteiger partial charge is 0.259 e. The third-order valence-electron chi connectivity index (χ3n) is 4.61. The Balaban J connectivity index is 1.59. The van der Waals surface area contributed by atoms with Crippen LogP contribution in [0, 0.1) is 0 Å². The van der Waals surface area contributed by atoms with Gasteiger partial charge in [0.1, 0.15) is 12.2 Å². The van der Waals surface area contributed by atoms with Gasteiger partial charge in [-0.25, -0.2) is 4.98 Å². The molecule has 1 aliphatic heterocycles. The molecule has 1 aliphatic rings. The number of piperazine rings is 1. The van der Waals surface area contributed by atoms with Gasteiger partial charge in [-0.3, -0.25) is 9.69 Å². The van der Waals surface area contributed by atoms with E-state index in [4.69, 9.17) is 32.7 Å². The maximum atomic E-state index is 12.9. The summed E-state index contributed by atoms with van der Waals surface area (Å²) in [6.45, 7) is 4.27. The minimum absolute atomic E-state index is 0.0686. The van der Waals surface area contributed by atoms with Crippen LogP contribution in [-0.2, 0) is 11.3 Å². The second kappa shape index (κ2) is 10.1. The number of rotatable bonds is 7. The predicted molar refractivity (Wildman–Crippen MR) is 109 cm³/mol. The number of pyridine rings is 1. The molecular formula is C20H23Cl2N3O3. The molecule has 150 valence electrons. The van der Waals surface area contributed by atoms with Crippen LogP contribution in [0.15, 0.2) is 36.5 Å². The average molecular weight is 424 g/mol. The monoisotopic (exact) mass is 423 g/mol. The molecule has 28 heavy (non-hydrogen) atoms. The third kappa shape index (κ3) is 5.14. The molecule has 0 saturated carbocycles. The third-order valence-corrected chi connectivity index (χ3v) is 5.47. The minimum Gasteiger partial charge on any atom is -0.475 e. The zero-order valence-electron chi connectivity index (χ0n) is 15.7. The van der Waals surface area contributed by atoms with Gasteiger partial charge in [-0.15, -0.1) is 0 Å². The molecule has 3 rings (SSSR count). The molecular weight excluding hydrogens is 401 g/mol. The molecule has 2 aromatic rings. The first-order chi connectivity index (χ1) is 13.6. The first-order valence-electron chi connectivity index (χ1n) is 9.11. The lowest BCUT2D eigenvalue weighted by Crippen LogP contribution is -2.48. The number of benzene rings is 1. The Morgan fingerprint density at radius 2 is 1.89 bits per heavy atom. The number of carbonyl (C=O) groups is 1. The van der Waals surface area contributed by atoms with Crippen molar-refractivity contribution in [2.24, 2.45) is 0 Å². The van der Waals surface area contributed by atoms with Gasteiger partial charge < -0.3 is 14.4 Å². The summed E-state index contributed by atoms with van der Waals surface area (Å²) in [6.07, 6.45) is 1.62. The van der Waals surface area contributed by atoms with Crippen molar-refractivity contribution in [3.63, 3.8) is 0 Å². The van der Waals surface area contributed by atoms with Crippen molar-refractivity contribution in [2.45, 2.75) is 6.54 Å². The maximum absolute atomic E-state index is 12.9. The molecule has 0 spiro atoms. The summed E-state index contributed by atoms with van der Waals surface area (Å²) in [6, 6.07) is 9.15. The Bertz CT molecular complexity index is 811. The van der Waals surface area contributed by atoms with Crippen LogP contribution in [0.1, 0.15) is 15.9 Å². The van der Waals surface area contributed by atoms with Crippen molar-refractivity contribution in [3.8, 4) is 5.88 Å². The van der Waals surface area contributed by atoms with Crippen LogP contribution >= 0.6 is 23.2 Å². The summed E-state index contributed by atoms with van der Waals surface area (Å²) in [5, 5.41) is 1.15. The van der Waals surface area contributed by atoms with Crippen LogP contribution in [0.3, 0.4) is 0 Å². The molecule has 8 heteroatoms. The van der Waals surface area contributed by atoms with E-state index in [2.05, 4.69) is 9.88 Å². The zero-order chi connectivity index (χ0) is 19.9. The quantitative estimate of drug-likeness (QED) is 0.638. The fourth-order valence-corrected chi connectivity index (χ4v) is 3.46. The molecule has 1 aromatic heterocycles. The normalized spacial score (nSPS) is 14.9. The second-order valence-electron chi connectivity index (χ2n) is 6.48. The largest absolute Gasteiger partial charge is 0.475 e. The lowest BCUT2D eigenvalue weighted by molar-refractivity contribution is 0.0621. The first kappa shape index (κ1) is 20.9. The molecule has 0 aliphatic carbocycles. The van der Waals surface area contributed by atoms with Gasteiger partial charge in [0, 0.05) is 46.0 Å². The van der Waals surface area contributed by atoms with E-state index in [-0.39, 0.29) is 5.91 Å². The van der Waals surface area contributed by atoms with Crippen molar-refractivity contribution < 1.29 is 14.3 Å². The minimum atomic E-state index is -0.0686. The molecule has 1 fully saturated rings. The highest BCUT2D eigenvalue weighted by atomic mass is 35.5. The fraction of sp³-hybridized carbons (Fsp3) is 0.400. The van der Waals surface area contributed by atoms with Gasteiger partial charge in [-0.05, 0) is 23.8 Å². The highest BCUT2D eigenvalue weighted by Crippen LogP contribution is 2.27. The number of halogens is 2. The summed E-state index contributed by atoms with van der Waals surface area (Å²) < 4.78 is 10.6. The number of amides is 1. The van der Waals surface area contributed by atoms with Crippen molar-refractivity contribution in [1.82, 2.24) is 14.8 Å². The number of aromatic nitrogens is 1. The molecule has 2 heterocycles. The van der Waals surface area contributed by atoms with Gasteiger partial charge >= 0.3 is 0 Å². The summed E-state index contributed by atoms with van der Waals surface area (Å²) in [5.74, 6) is 0.277. The topological polar surface area (TPSA) is 54.9 Å². The van der Waals surface area contributed by atoms with Crippen molar-refractivity contribution >= 4 is 29.1 Å². The van der Waals surface area contributed by atoms with E-state index in [1.807, 2.05) is 17.0 Å². The van der Waals surface area contributed by atoms with Gasteiger partial charge in [-0.2, -0.15) is 0 Å². The molecule has 0 N–H and O–H groups in total. The van der Waals surface area contributed by atoms with Gasteiger partial charge in [0.15, 0.2) is 0 Å². The molecule has 0 atom stereocenters. The van der Waals surface area contributed by atoms with E-state index in [0.717, 1.165) is 18.7 Å². The number of hydrogen-bond donors (Lipinski definition) is 0. The van der Waals surface area contributed by atoms with Crippen molar-refractivity contribution in [2.75, 3.05) is 46.5 Å². The second-order valence-corrected chi connectivity index (χ2v) is 7.26. The maximum Gasteiger partial charge on any atom is 0.259 e. The number of hydrogen-bond acceptors (Lipinski definition) is 5. The highest BCUT2D eigenvalue weighted by Gasteiger charge is 2.25. The van der Waals surface area contributed by atoms with Gasteiger partial charge in [-0.1, -0.05) is 35.3 Å². The molecule has 1 saturated heterocycles. The molecule has 1 aromatic carbocycles. The van der Waals surface area contributed by atoms with Crippen LogP contribution in [0.25, 0.3) is 0 Å². The van der Waals surface area contributed by atoms with Gasteiger partial charge in [0.25, 0.3) is 5.91 Å². The van der Waals surface area contributed by atoms with Crippen molar-refractivity contribution in [1.29, 1.82) is 0 Å². The molecule has 0 bridgehead atoms. The number of nitrogens with zero attached hydrogens (tertiary/aromatic N) is 3. The van der Waals surface area contributed by atoms with Gasteiger partial charge in [0.05, 0.1) is 16.7 Å². The van der Waals surface area contributed by atoms with E-state index < -0.39 is 0 Å². The van der Waals surface area contributed by atoms with E-state index in [1.165, 1.54) is 0 Å². The Hall–Kier alpha value is -1.86. The van der Waals surface area contributed by atoms with Gasteiger partial charge in [0.2, 0.25) is 5.88 Å². The standard InChI is InChI=1S/C20H23Cl2N3O3/c1-27-12-13-28-19-16(5-3-7-23-19)20(26)25-10-8-24(9-11-25)14-15-4-2-6-17(21)18(15)22/h2-7H,8-14H2,1H3. The van der Waals surface area contributed by atoms with Crippen molar-refractivity contribution in [3.05, 3.63) is 57.7 Å². The van der Waals surface area contributed by atoms with E-state index >= 15 is 0 Å². The molecule has 0 radical (unpaired) electrons. The number of methoxy groups -OCH3 is 1. The van der Waals surface area contributed by atoms with E-state index in [1.54, 1.807) is 31.5 Å². The zero-order valence-corrected chi connectivity index (χ0v) is 17.2. The Morgan fingerprint density at radius 3 is 2.64 bits per heavy atom. The highest BCUT2D eigenvalue weighted by molar-refractivity contribution is 6.42. The first-order valence-corrected chi connectivity index (χ1v) is 9.87. The Morgan fingerprint density at radius 1 is 1.11 bits per heavy atom. The summed E-state index contributed by atoms with van der Waals surface area (Å²) >= 11 is 12.4. The predicted octanol–water partition coefficient (Wildman–Crippen LogP) is 3.37. The van der Waals surface area contributed by atoms with Crippen LogP contribution in [0.2, 0.25) is 10.0 Å². The lowest BCUT2D eigenvalue weighted by Gasteiger charge is -2.35. The summed E-state index contributed by atoms with van der Waals surface area (Å²) in [7, 11) is 1.60. The summed E-state index contributed by atoms with van der Waals surface area (Å²) in [5.41, 5.74) is 1.47. The van der Waals surface area contributed by atoms with Crippen LogP contribution in [-0.4, -0.2) is 67.2 Å². The van der Waals surface area contributed by atoms with Crippen LogP contribution in [0.5, 0.6) is 5.88 Å². The fourth-order valence-electron chi connectivity index (χ4n) is 3.08. The SMILES string of the molecule is COCCOc1ncccc1C(=O)N1CCN(Cc2cccc(Cl)c2Cl)CC1. The number of ether oxygens (including phenoxy) is 2. The molecule has 6 nitrogen and oxygen atoms in total. The Labute approximate surface area is 175 Å². The van der Waals surface area contributed by atoms with E-state index in [9.17, 15) is 4.79 Å².